The van der Waals surface area contributed by atoms with Gasteiger partial charge in [0.1, 0.15) is 5.69 Å². The standard InChI is InChI=1S/C20H21N5O4S/c1-11-15(18(28)25(24(11)4)12-8-6-5-7-9-12)21-16(26)14-10-13-17(27)22(2)20(29)23(3)19(13)30-14/h5-10,13,19H,1-4H3,(H,21,26). The van der Waals surface area contributed by atoms with Crippen molar-refractivity contribution in [1.29, 1.82) is 0 Å². The minimum absolute atomic E-state index is 0.176. The molecule has 1 aromatic heterocycles. The second kappa shape index (κ2) is 7.21. The van der Waals surface area contributed by atoms with Gasteiger partial charge < -0.3 is 10.2 Å². The van der Waals surface area contributed by atoms with Crippen LogP contribution in [-0.2, 0) is 16.6 Å². The number of nitrogens with one attached hydrogen (secondary N) is 1. The Morgan fingerprint density at radius 1 is 1.07 bits per heavy atom. The van der Waals surface area contributed by atoms with Crippen molar-refractivity contribution < 1.29 is 14.4 Å². The van der Waals surface area contributed by atoms with E-state index in [1.54, 1.807) is 43.9 Å². The maximum absolute atomic E-state index is 13.0. The van der Waals surface area contributed by atoms with Gasteiger partial charge in [0.25, 0.3) is 11.5 Å². The summed E-state index contributed by atoms with van der Waals surface area (Å²) in [6, 6.07) is 8.72. The van der Waals surface area contributed by atoms with E-state index in [1.807, 2.05) is 18.2 Å². The summed E-state index contributed by atoms with van der Waals surface area (Å²) in [5, 5.41) is 2.23. The Kier molecular flexibility index (Phi) is 4.81. The number of carbonyl (C=O) groups excluding carboxylic acids is 3. The van der Waals surface area contributed by atoms with Crippen molar-refractivity contribution in [2.75, 3.05) is 19.4 Å². The third-order valence-electron chi connectivity index (χ3n) is 5.49. The molecule has 1 fully saturated rings. The number of benzene rings is 1. The Balaban J connectivity index is 1.62. The normalized spacial score (nSPS) is 21.0. The lowest BCUT2D eigenvalue weighted by molar-refractivity contribution is -0.133. The molecular weight excluding hydrogens is 406 g/mol. The van der Waals surface area contributed by atoms with Gasteiger partial charge in [0, 0.05) is 21.1 Å². The molecule has 0 radical (unpaired) electrons. The molecule has 2 aliphatic heterocycles. The van der Waals surface area contributed by atoms with Crippen molar-refractivity contribution in [3.8, 4) is 5.69 Å². The number of rotatable bonds is 3. The third-order valence-corrected chi connectivity index (χ3v) is 6.91. The number of hydrogen-bond acceptors (Lipinski definition) is 5. The quantitative estimate of drug-likeness (QED) is 0.801. The number of hydrogen-bond donors (Lipinski definition) is 1. The topological polar surface area (TPSA) is 96.7 Å². The van der Waals surface area contributed by atoms with Gasteiger partial charge in [-0.2, -0.15) is 0 Å². The first-order chi connectivity index (χ1) is 14.2. The van der Waals surface area contributed by atoms with Gasteiger partial charge >= 0.3 is 6.03 Å². The lowest BCUT2D eigenvalue weighted by Gasteiger charge is -2.37. The molecule has 2 atom stereocenters. The van der Waals surface area contributed by atoms with Crippen molar-refractivity contribution in [3.63, 3.8) is 0 Å². The van der Waals surface area contributed by atoms with Gasteiger partial charge in [0.15, 0.2) is 0 Å². The Morgan fingerprint density at radius 2 is 1.73 bits per heavy atom. The Labute approximate surface area is 176 Å². The molecule has 0 saturated carbocycles. The highest BCUT2D eigenvalue weighted by molar-refractivity contribution is 8.04. The predicted molar refractivity (Wildman–Crippen MR) is 113 cm³/mol. The maximum atomic E-state index is 13.0. The first kappa shape index (κ1) is 20.0. The molecule has 3 heterocycles. The van der Waals surface area contributed by atoms with E-state index in [1.165, 1.54) is 16.6 Å². The molecule has 10 heteroatoms. The molecule has 2 unspecified atom stereocenters. The number of thioether (sulfide) groups is 1. The van der Waals surface area contributed by atoms with Crippen molar-refractivity contribution >= 4 is 35.3 Å². The predicted octanol–water partition coefficient (Wildman–Crippen LogP) is 1.52. The lowest BCUT2D eigenvalue weighted by atomic mass is 10.0. The maximum Gasteiger partial charge on any atom is 0.327 e. The molecule has 1 aromatic carbocycles. The zero-order valence-electron chi connectivity index (χ0n) is 16.9. The van der Waals surface area contributed by atoms with Gasteiger partial charge in [-0.15, -0.1) is 0 Å². The summed E-state index contributed by atoms with van der Waals surface area (Å²) in [7, 11) is 4.77. The van der Waals surface area contributed by atoms with Gasteiger partial charge in [-0.1, -0.05) is 30.0 Å². The highest BCUT2D eigenvalue weighted by Gasteiger charge is 2.47. The molecule has 156 valence electrons. The zero-order chi connectivity index (χ0) is 21.7. The van der Waals surface area contributed by atoms with Gasteiger partial charge in [-0.3, -0.25) is 24.0 Å². The SMILES string of the molecule is Cc1c(NC(=O)C2=CC3C(=O)N(C)C(=O)N(C)C3S2)c(=O)n(-c2ccccc2)n1C. The first-order valence-corrected chi connectivity index (χ1v) is 10.2. The van der Waals surface area contributed by atoms with E-state index in [-0.39, 0.29) is 17.2 Å². The summed E-state index contributed by atoms with van der Waals surface area (Å²) >= 11 is 1.15. The molecule has 0 spiro atoms. The second-order valence-electron chi connectivity index (χ2n) is 7.25. The molecule has 9 nitrogen and oxygen atoms in total. The van der Waals surface area contributed by atoms with Crippen LogP contribution in [0.1, 0.15) is 5.69 Å². The molecular formula is C20H21N5O4S. The molecule has 2 aliphatic rings. The van der Waals surface area contributed by atoms with Gasteiger partial charge in [0.05, 0.1) is 27.6 Å². The van der Waals surface area contributed by atoms with Crippen LogP contribution < -0.4 is 10.9 Å². The van der Waals surface area contributed by atoms with E-state index in [9.17, 15) is 19.2 Å². The van der Waals surface area contributed by atoms with Gasteiger partial charge in [-0.05, 0) is 25.1 Å². The summed E-state index contributed by atoms with van der Waals surface area (Å²) in [4.78, 5) is 53.3. The van der Waals surface area contributed by atoms with Crippen LogP contribution in [-0.4, -0.2) is 56.5 Å². The number of aromatic nitrogens is 2. The number of carbonyl (C=O) groups is 3. The largest absolute Gasteiger partial charge is 0.327 e. The monoisotopic (exact) mass is 427 g/mol. The van der Waals surface area contributed by atoms with Crippen LogP contribution in [0.25, 0.3) is 5.69 Å². The number of para-hydroxylation sites is 1. The van der Waals surface area contributed by atoms with Crippen LogP contribution in [0.15, 0.2) is 46.1 Å². The van der Waals surface area contributed by atoms with E-state index < -0.39 is 23.2 Å². The second-order valence-corrected chi connectivity index (χ2v) is 8.41. The van der Waals surface area contributed by atoms with E-state index in [0.29, 0.717) is 16.3 Å². The summed E-state index contributed by atoms with van der Waals surface area (Å²) in [5.74, 6) is -1.42. The van der Waals surface area contributed by atoms with Crippen LogP contribution >= 0.6 is 11.8 Å². The minimum atomic E-state index is -0.596. The average molecular weight is 427 g/mol. The summed E-state index contributed by atoms with van der Waals surface area (Å²) in [5.41, 5.74) is 1.11. The molecule has 0 aliphatic carbocycles. The molecule has 0 bridgehead atoms. The highest BCUT2D eigenvalue weighted by Crippen LogP contribution is 2.42. The van der Waals surface area contributed by atoms with Crippen molar-refractivity contribution in [3.05, 3.63) is 57.4 Å². The number of anilines is 1. The van der Waals surface area contributed by atoms with Gasteiger partial charge in [0.2, 0.25) is 5.91 Å². The third kappa shape index (κ3) is 2.95. The zero-order valence-corrected chi connectivity index (χ0v) is 17.8. The number of urea groups is 1. The molecule has 2 aromatic rings. The van der Waals surface area contributed by atoms with Crippen molar-refractivity contribution in [2.24, 2.45) is 13.0 Å². The summed E-state index contributed by atoms with van der Waals surface area (Å²) < 4.78 is 3.15. The van der Waals surface area contributed by atoms with Crippen LogP contribution in [0.5, 0.6) is 0 Å². The molecule has 4 rings (SSSR count). The van der Waals surface area contributed by atoms with Gasteiger partial charge in [-0.25, -0.2) is 9.48 Å². The number of amides is 4. The van der Waals surface area contributed by atoms with Crippen molar-refractivity contribution in [1.82, 2.24) is 19.2 Å². The van der Waals surface area contributed by atoms with Crippen molar-refractivity contribution in [2.45, 2.75) is 12.3 Å². The number of imide groups is 1. The average Bonchev–Trinajstić information content (AvgIpc) is 3.28. The van der Waals surface area contributed by atoms with E-state index in [4.69, 9.17) is 0 Å². The fourth-order valence-corrected chi connectivity index (χ4v) is 4.91. The Morgan fingerprint density at radius 3 is 2.40 bits per heavy atom. The van der Waals surface area contributed by atoms with E-state index in [0.717, 1.165) is 16.7 Å². The first-order valence-electron chi connectivity index (χ1n) is 9.30. The molecule has 1 N–H and O–H groups in total. The fraction of sp³-hybridized carbons (Fsp3) is 0.300. The smallest absolute Gasteiger partial charge is 0.315 e. The lowest BCUT2D eigenvalue weighted by Crippen LogP contribution is -2.56. The summed E-state index contributed by atoms with van der Waals surface area (Å²) in [6.45, 7) is 1.75. The highest BCUT2D eigenvalue weighted by atomic mass is 32.2. The molecule has 4 amide bonds. The van der Waals surface area contributed by atoms with Crippen LogP contribution in [0.3, 0.4) is 0 Å². The Bertz CT molecular complexity index is 1150. The van der Waals surface area contributed by atoms with E-state index >= 15 is 0 Å². The van der Waals surface area contributed by atoms with E-state index in [2.05, 4.69) is 5.32 Å². The summed E-state index contributed by atoms with van der Waals surface area (Å²) in [6.07, 6.45) is 1.57. The van der Waals surface area contributed by atoms with Crippen LogP contribution in [0.4, 0.5) is 10.5 Å². The van der Waals surface area contributed by atoms with Crippen LogP contribution in [0.2, 0.25) is 0 Å². The molecule has 30 heavy (non-hydrogen) atoms. The fourth-order valence-electron chi connectivity index (χ4n) is 3.68. The Hall–Kier alpha value is -3.27. The minimum Gasteiger partial charge on any atom is -0.315 e. The number of nitrogens with zero attached hydrogens (tertiary/aromatic N) is 4. The van der Waals surface area contributed by atoms with Crippen LogP contribution in [0, 0.1) is 12.8 Å². The molecule has 1 saturated heterocycles. The number of fused-ring (bicyclic) bond motifs is 1.